The fourth-order valence-corrected chi connectivity index (χ4v) is 1.12. The van der Waals surface area contributed by atoms with Gasteiger partial charge in [0.15, 0.2) is 10.8 Å². The van der Waals surface area contributed by atoms with Gasteiger partial charge in [-0.15, -0.1) is 0 Å². The van der Waals surface area contributed by atoms with E-state index in [0.29, 0.717) is 0 Å². The Bertz CT molecular complexity index is 381. The number of anilines is 1. The molecule has 1 aromatic rings. The van der Waals surface area contributed by atoms with E-state index in [4.69, 9.17) is 17.3 Å². The predicted molar refractivity (Wildman–Crippen MR) is 47.2 cm³/mol. The normalized spacial score (nSPS) is 10.1. The predicted octanol–water partition coefficient (Wildman–Crippen LogP) is 2.28. The number of halogens is 2. The van der Waals surface area contributed by atoms with E-state index >= 15 is 0 Å². The van der Waals surface area contributed by atoms with E-state index in [9.17, 15) is 14.5 Å². The molecule has 70 valence electrons. The van der Waals surface area contributed by atoms with Gasteiger partial charge < -0.3 is 5.73 Å². The Kier molecular flexibility index (Phi) is 2.38. The fourth-order valence-electron chi connectivity index (χ4n) is 0.856. The lowest BCUT2D eigenvalue weighted by atomic mass is 10.2. The van der Waals surface area contributed by atoms with Crippen molar-refractivity contribution in [3.63, 3.8) is 0 Å². The molecule has 13 heavy (non-hydrogen) atoms. The van der Waals surface area contributed by atoms with Crippen LogP contribution in [0, 0.1) is 22.9 Å². The Hall–Kier alpha value is -1.36. The topological polar surface area (TPSA) is 69.2 Å². The number of rotatable bonds is 1. The average Bonchev–Trinajstić information content (AvgIpc) is 2.07. The standard InChI is InChI=1S/C7H6ClFN2O2/c1-3-4(10)2-5(11(12)13)6(8)7(3)9/h2H,10H2,1H3. The molecule has 0 spiro atoms. The molecule has 0 amide bonds. The second-order valence-electron chi connectivity index (χ2n) is 2.49. The van der Waals surface area contributed by atoms with Crippen molar-refractivity contribution < 1.29 is 9.31 Å². The number of hydrogen-bond acceptors (Lipinski definition) is 3. The molecule has 0 unspecified atom stereocenters. The molecule has 1 rings (SSSR count). The maximum atomic E-state index is 13.1. The van der Waals surface area contributed by atoms with Gasteiger partial charge in [0.05, 0.1) is 4.92 Å². The zero-order valence-electron chi connectivity index (χ0n) is 6.67. The number of nitro benzene ring substituents is 1. The van der Waals surface area contributed by atoms with E-state index in [0.717, 1.165) is 6.07 Å². The van der Waals surface area contributed by atoms with Crippen LogP contribution in [0.2, 0.25) is 5.02 Å². The summed E-state index contributed by atoms with van der Waals surface area (Å²) in [6.07, 6.45) is 0. The van der Waals surface area contributed by atoms with Gasteiger partial charge in [-0.1, -0.05) is 11.6 Å². The first-order chi connectivity index (χ1) is 5.95. The molecule has 0 radical (unpaired) electrons. The molecule has 0 saturated heterocycles. The van der Waals surface area contributed by atoms with Crippen LogP contribution in [0.15, 0.2) is 6.07 Å². The molecular weight excluding hydrogens is 199 g/mol. The molecule has 0 aliphatic rings. The molecule has 0 aromatic heterocycles. The SMILES string of the molecule is Cc1c(N)cc([N+](=O)[O-])c(Cl)c1F. The summed E-state index contributed by atoms with van der Waals surface area (Å²) in [5.74, 6) is -0.839. The Morgan fingerprint density at radius 2 is 2.23 bits per heavy atom. The summed E-state index contributed by atoms with van der Waals surface area (Å²) in [5, 5.41) is 9.83. The van der Waals surface area contributed by atoms with E-state index in [1.54, 1.807) is 0 Å². The molecule has 0 heterocycles. The molecule has 2 N–H and O–H groups in total. The Balaban J connectivity index is 3.50. The molecule has 0 bridgehead atoms. The van der Waals surface area contributed by atoms with E-state index in [1.807, 2.05) is 0 Å². The minimum absolute atomic E-state index is 0.0219. The van der Waals surface area contributed by atoms with Gasteiger partial charge in [-0.3, -0.25) is 10.1 Å². The largest absolute Gasteiger partial charge is 0.398 e. The summed E-state index contributed by atoms with van der Waals surface area (Å²) < 4.78 is 13.1. The number of nitro groups is 1. The van der Waals surface area contributed by atoms with Crippen molar-refractivity contribution in [2.45, 2.75) is 6.92 Å². The lowest BCUT2D eigenvalue weighted by molar-refractivity contribution is -0.384. The Morgan fingerprint density at radius 1 is 1.69 bits per heavy atom. The number of hydrogen-bond donors (Lipinski definition) is 1. The van der Waals surface area contributed by atoms with Gasteiger partial charge in [-0.05, 0) is 6.92 Å². The second kappa shape index (κ2) is 3.18. The zero-order valence-corrected chi connectivity index (χ0v) is 7.43. The summed E-state index contributed by atoms with van der Waals surface area (Å²) in [6, 6.07) is 1.04. The van der Waals surface area contributed by atoms with Crippen LogP contribution in [0.5, 0.6) is 0 Å². The fraction of sp³-hybridized carbons (Fsp3) is 0.143. The number of nitrogens with two attached hydrogens (primary N) is 1. The third-order valence-electron chi connectivity index (χ3n) is 1.67. The van der Waals surface area contributed by atoms with E-state index in [1.165, 1.54) is 6.92 Å². The number of benzene rings is 1. The quantitative estimate of drug-likeness (QED) is 0.433. The first-order valence-electron chi connectivity index (χ1n) is 3.33. The molecule has 0 saturated carbocycles. The van der Waals surface area contributed by atoms with Crippen LogP contribution in [0.25, 0.3) is 0 Å². The molecule has 0 aliphatic heterocycles. The van der Waals surface area contributed by atoms with Crippen LogP contribution >= 0.6 is 11.6 Å². The summed E-state index contributed by atoms with van der Waals surface area (Å²) >= 11 is 5.39. The van der Waals surface area contributed by atoms with Crippen LogP contribution < -0.4 is 5.73 Å². The molecule has 6 heteroatoms. The number of nitrogen functional groups attached to an aromatic ring is 1. The zero-order chi connectivity index (χ0) is 10.2. The van der Waals surface area contributed by atoms with Crippen molar-refractivity contribution in [2.75, 3.05) is 5.73 Å². The van der Waals surface area contributed by atoms with Gasteiger partial charge in [0, 0.05) is 17.3 Å². The van der Waals surface area contributed by atoms with Gasteiger partial charge in [-0.2, -0.15) is 0 Å². The van der Waals surface area contributed by atoms with Crippen LogP contribution in [-0.2, 0) is 0 Å². The molecular formula is C7H6ClFN2O2. The summed E-state index contributed by atoms with van der Waals surface area (Å²) in [7, 11) is 0. The molecule has 4 nitrogen and oxygen atoms in total. The van der Waals surface area contributed by atoms with E-state index in [2.05, 4.69) is 0 Å². The number of nitrogens with zero attached hydrogens (tertiary/aromatic N) is 1. The van der Waals surface area contributed by atoms with Crippen molar-refractivity contribution >= 4 is 23.0 Å². The first kappa shape index (κ1) is 9.73. The van der Waals surface area contributed by atoms with Crippen LogP contribution in [-0.4, -0.2) is 4.92 Å². The maximum absolute atomic E-state index is 13.1. The lowest BCUT2D eigenvalue weighted by Gasteiger charge is -2.03. The second-order valence-corrected chi connectivity index (χ2v) is 2.87. The van der Waals surface area contributed by atoms with Crippen LogP contribution in [0.3, 0.4) is 0 Å². The van der Waals surface area contributed by atoms with Crippen LogP contribution in [0.1, 0.15) is 5.56 Å². The van der Waals surface area contributed by atoms with Crippen molar-refractivity contribution in [3.8, 4) is 0 Å². The maximum Gasteiger partial charge on any atom is 0.292 e. The van der Waals surface area contributed by atoms with Gasteiger partial charge in [0.1, 0.15) is 0 Å². The van der Waals surface area contributed by atoms with E-state index in [-0.39, 0.29) is 11.3 Å². The summed E-state index contributed by atoms with van der Waals surface area (Å²) in [6.45, 7) is 1.40. The molecule has 0 fully saturated rings. The monoisotopic (exact) mass is 204 g/mol. The third kappa shape index (κ3) is 1.55. The smallest absolute Gasteiger partial charge is 0.292 e. The minimum atomic E-state index is -0.839. The Labute approximate surface area is 78.3 Å². The summed E-state index contributed by atoms with van der Waals surface area (Å²) in [5.41, 5.74) is 4.96. The van der Waals surface area contributed by atoms with Crippen molar-refractivity contribution in [2.24, 2.45) is 0 Å². The third-order valence-corrected chi connectivity index (χ3v) is 2.03. The molecule has 0 atom stereocenters. The Morgan fingerprint density at radius 3 is 2.69 bits per heavy atom. The highest BCUT2D eigenvalue weighted by Gasteiger charge is 2.20. The minimum Gasteiger partial charge on any atom is -0.398 e. The highest BCUT2D eigenvalue weighted by Crippen LogP contribution is 2.32. The van der Waals surface area contributed by atoms with Crippen molar-refractivity contribution in [1.29, 1.82) is 0 Å². The van der Waals surface area contributed by atoms with Gasteiger partial charge in [-0.25, -0.2) is 4.39 Å². The highest BCUT2D eigenvalue weighted by atomic mass is 35.5. The van der Waals surface area contributed by atoms with Crippen molar-refractivity contribution in [3.05, 3.63) is 32.6 Å². The van der Waals surface area contributed by atoms with E-state index < -0.39 is 21.5 Å². The van der Waals surface area contributed by atoms with Crippen LogP contribution in [0.4, 0.5) is 15.8 Å². The lowest BCUT2D eigenvalue weighted by Crippen LogP contribution is -1.98. The van der Waals surface area contributed by atoms with Gasteiger partial charge >= 0.3 is 0 Å². The van der Waals surface area contributed by atoms with Gasteiger partial charge in [0.25, 0.3) is 5.69 Å². The first-order valence-corrected chi connectivity index (χ1v) is 3.71. The van der Waals surface area contributed by atoms with Gasteiger partial charge in [0.2, 0.25) is 0 Å². The highest BCUT2D eigenvalue weighted by molar-refractivity contribution is 6.33. The summed E-state index contributed by atoms with van der Waals surface area (Å²) in [4.78, 5) is 9.56. The molecule has 0 aliphatic carbocycles. The molecule has 1 aromatic carbocycles. The van der Waals surface area contributed by atoms with Crippen molar-refractivity contribution in [1.82, 2.24) is 0 Å². The average molecular weight is 205 g/mol.